The smallest absolute Gasteiger partial charge is 0.335 e. The maximum absolute atomic E-state index is 11.5. The molecule has 1 aliphatic rings. The number of amides is 1. The Kier molecular flexibility index (Phi) is 3.72. The van der Waals surface area contributed by atoms with Crippen LogP contribution in [0.3, 0.4) is 0 Å². The average Bonchev–Trinajstić information content (AvgIpc) is 2.24. The first-order valence-electron chi connectivity index (χ1n) is 5.51. The van der Waals surface area contributed by atoms with Crippen LogP contribution < -0.4 is 4.74 Å². The summed E-state index contributed by atoms with van der Waals surface area (Å²) >= 11 is 5.87. The highest BCUT2D eigenvalue weighted by atomic mass is 35.5. The SMILES string of the molecule is O=C(O)c1ccc(OCC(=O)N2CCC2)c(Cl)c1. The van der Waals surface area contributed by atoms with E-state index in [2.05, 4.69) is 0 Å². The molecular formula is C12H12ClNO4. The van der Waals surface area contributed by atoms with Crippen LogP contribution in [-0.2, 0) is 4.79 Å². The molecular weight excluding hydrogens is 258 g/mol. The predicted octanol–water partition coefficient (Wildman–Crippen LogP) is 1.65. The molecule has 18 heavy (non-hydrogen) atoms. The molecule has 0 aromatic heterocycles. The highest BCUT2D eigenvalue weighted by molar-refractivity contribution is 6.32. The van der Waals surface area contributed by atoms with E-state index in [-0.39, 0.29) is 23.1 Å². The first-order valence-corrected chi connectivity index (χ1v) is 5.89. The number of ether oxygens (including phenoxy) is 1. The summed E-state index contributed by atoms with van der Waals surface area (Å²) in [5.41, 5.74) is 0.0846. The molecule has 1 saturated heterocycles. The van der Waals surface area contributed by atoms with E-state index >= 15 is 0 Å². The molecule has 1 N–H and O–H groups in total. The van der Waals surface area contributed by atoms with Crippen molar-refractivity contribution in [2.75, 3.05) is 19.7 Å². The Morgan fingerprint density at radius 3 is 2.61 bits per heavy atom. The zero-order chi connectivity index (χ0) is 13.1. The van der Waals surface area contributed by atoms with Crippen LogP contribution in [0.1, 0.15) is 16.8 Å². The van der Waals surface area contributed by atoms with E-state index in [1.54, 1.807) is 4.90 Å². The van der Waals surface area contributed by atoms with Crippen molar-refractivity contribution in [3.63, 3.8) is 0 Å². The monoisotopic (exact) mass is 269 g/mol. The van der Waals surface area contributed by atoms with E-state index in [9.17, 15) is 9.59 Å². The highest BCUT2D eigenvalue weighted by Crippen LogP contribution is 2.25. The van der Waals surface area contributed by atoms with Gasteiger partial charge in [-0.25, -0.2) is 4.79 Å². The van der Waals surface area contributed by atoms with Gasteiger partial charge >= 0.3 is 5.97 Å². The van der Waals surface area contributed by atoms with Gasteiger partial charge in [-0.1, -0.05) is 11.6 Å². The third kappa shape index (κ3) is 2.73. The number of carboxylic acids is 1. The Labute approximate surface area is 109 Å². The molecule has 0 saturated carbocycles. The van der Waals surface area contributed by atoms with Crippen molar-refractivity contribution in [2.45, 2.75) is 6.42 Å². The fourth-order valence-electron chi connectivity index (χ4n) is 1.55. The maximum atomic E-state index is 11.5. The fourth-order valence-corrected chi connectivity index (χ4v) is 1.78. The summed E-state index contributed by atoms with van der Waals surface area (Å²) in [5, 5.41) is 8.96. The molecule has 0 aliphatic carbocycles. The minimum atomic E-state index is -1.06. The van der Waals surface area contributed by atoms with Gasteiger partial charge in [-0.05, 0) is 24.6 Å². The highest BCUT2D eigenvalue weighted by Gasteiger charge is 2.20. The van der Waals surface area contributed by atoms with Gasteiger partial charge in [0.15, 0.2) is 6.61 Å². The normalized spacial score (nSPS) is 13.9. The van der Waals surface area contributed by atoms with Crippen LogP contribution in [-0.4, -0.2) is 41.6 Å². The number of benzene rings is 1. The molecule has 1 aromatic carbocycles. The molecule has 1 heterocycles. The summed E-state index contributed by atoms with van der Waals surface area (Å²) in [6.07, 6.45) is 1.03. The first-order chi connectivity index (χ1) is 8.58. The number of carbonyl (C=O) groups excluding carboxylic acids is 1. The van der Waals surface area contributed by atoms with Crippen molar-refractivity contribution >= 4 is 23.5 Å². The molecule has 6 heteroatoms. The summed E-state index contributed by atoms with van der Waals surface area (Å²) in [6, 6.07) is 4.14. The van der Waals surface area contributed by atoms with Gasteiger partial charge in [0.25, 0.3) is 5.91 Å². The van der Waals surface area contributed by atoms with E-state index in [0.717, 1.165) is 19.5 Å². The molecule has 0 spiro atoms. The molecule has 5 nitrogen and oxygen atoms in total. The van der Waals surface area contributed by atoms with E-state index in [0.29, 0.717) is 5.75 Å². The van der Waals surface area contributed by atoms with Crippen molar-refractivity contribution in [3.8, 4) is 5.75 Å². The number of hydrogen-bond donors (Lipinski definition) is 1. The van der Waals surface area contributed by atoms with E-state index in [4.69, 9.17) is 21.4 Å². The molecule has 0 atom stereocenters. The molecule has 0 radical (unpaired) electrons. The van der Waals surface area contributed by atoms with Crippen molar-refractivity contribution < 1.29 is 19.4 Å². The number of likely N-dealkylation sites (tertiary alicyclic amines) is 1. The number of carboxylic acid groups (broad SMARTS) is 1. The third-order valence-electron chi connectivity index (χ3n) is 2.74. The Morgan fingerprint density at radius 1 is 1.39 bits per heavy atom. The quantitative estimate of drug-likeness (QED) is 0.902. The Bertz CT molecular complexity index is 485. The van der Waals surface area contributed by atoms with Crippen molar-refractivity contribution in [1.29, 1.82) is 0 Å². The summed E-state index contributed by atoms with van der Waals surface area (Å²) in [4.78, 5) is 23.9. The van der Waals surface area contributed by atoms with Gasteiger partial charge in [-0.15, -0.1) is 0 Å². The van der Waals surface area contributed by atoms with Crippen LogP contribution in [0.2, 0.25) is 5.02 Å². The first kappa shape index (κ1) is 12.7. The lowest BCUT2D eigenvalue weighted by Crippen LogP contribution is -2.44. The predicted molar refractivity (Wildman–Crippen MR) is 65.1 cm³/mol. The third-order valence-corrected chi connectivity index (χ3v) is 3.03. The lowest BCUT2D eigenvalue weighted by atomic mass is 10.2. The number of aromatic carboxylic acids is 1. The Hall–Kier alpha value is -1.75. The maximum Gasteiger partial charge on any atom is 0.335 e. The van der Waals surface area contributed by atoms with Crippen molar-refractivity contribution in [1.82, 2.24) is 4.90 Å². The van der Waals surface area contributed by atoms with Crippen LogP contribution >= 0.6 is 11.6 Å². The lowest BCUT2D eigenvalue weighted by molar-refractivity contribution is -0.136. The van der Waals surface area contributed by atoms with Crippen LogP contribution in [0.15, 0.2) is 18.2 Å². The second-order valence-electron chi connectivity index (χ2n) is 3.97. The number of carbonyl (C=O) groups is 2. The molecule has 0 unspecified atom stereocenters. The second-order valence-corrected chi connectivity index (χ2v) is 4.38. The lowest BCUT2D eigenvalue weighted by Gasteiger charge is -2.30. The number of hydrogen-bond acceptors (Lipinski definition) is 3. The van der Waals surface area contributed by atoms with Crippen LogP contribution in [0.4, 0.5) is 0 Å². The molecule has 1 fully saturated rings. The second kappa shape index (κ2) is 5.27. The molecule has 1 aliphatic heterocycles. The summed E-state index contributed by atoms with van der Waals surface area (Å²) < 4.78 is 5.27. The summed E-state index contributed by atoms with van der Waals surface area (Å²) in [5.74, 6) is -0.824. The van der Waals surface area contributed by atoms with Crippen LogP contribution in [0, 0.1) is 0 Å². The van der Waals surface area contributed by atoms with Gasteiger partial charge in [-0.2, -0.15) is 0 Å². The van der Waals surface area contributed by atoms with Crippen LogP contribution in [0.5, 0.6) is 5.75 Å². The van der Waals surface area contributed by atoms with Crippen molar-refractivity contribution in [3.05, 3.63) is 28.8 Å². The zero-order valence-corrected chi connectivity index (χ0v) is 10.3. The van der Waals surface area contributed by atoms with E-state index < -0.39 is 5.97 Å². The number of halogens is 1. The molecule has 96 valence electrons. The van der Waals surface area contributed by atoms with E-state index in [1.165, 1.54) is 18.2 Å². The largest absolute Gasteiger partial charge is 0.482 e. The van der Waals surface area contributed by atoms with Gasteiger partial charge in [0, 0.05) is 13.1 Å². The van der Waals surface area contributed by atoms with Gasteiger partial charge < -0.3 is 14.7 Å². The summed E-state index contributed by atoms with van der Waals surface area (Å²) in [6.45, 7) is 1.47. The number of nitrogens with zero attached hydrogens (tertiary/aromatic N) is 1. The van der Waals surface area contributed by atoms with E-state index in [1.807, 2.05) is 0 Å². The standard InChI is InChI=1S/C12H12ClNO4/c13-9-6-8(12(16)17)2-3-10(9)18-7-11(15)14-4-1-5-14/h2-3,6H,1,4-5,7H2,(H,16,17). The molecule has 0 bridgehead atoms. The zero-order valence-electron chi connectivity index (χ0n) is 9.56. The average molecular weight is 270 g/mol. The minimum Gasteiger partial charge on any atom is -0.482 e. The van der Waals surface area contributed by atoms with Gasteiger partial charge in [0.2, 0.25) is 0 Å². The molecule has 2 rings (SSSR count). The Morgan fingerprint density at radius 2 is 2.11 bits per heavy atom. The topological polar surface area (TPSA) is 66.8 Å². The van der Waals surface area contributed by atoms with Crippen LogP contribution in [0.25, 0.3) is 0 Å². The molecule has 1 aromatic rings. The Balaban J connectivity index is 1.96. The molecule has 1 amide bonds. The fraction of sp³-hybridized carbons (Fsp3) is 0.333. The van der Waals surface area contributed by atoms with Gasteiger partial charge in [0.05, 0.1) is 10.6 Å². The van der Waals surface area contributed by atoms with Crippen molar-refractivity contribution in [2.24, 2.45) is 0 Å². The number of rotatable bonds is 4. The van der Waals surface area contributed by atoms with Gasteiger partial charge in [-0.3, -0.25) is 4.79 Å². The summed E-state index contributed by atoms with van der Waals surface area (Å²) in [7, 11) is 0. The minimum absolute atomic E-state index is 0.0772. The van der Waals surface area contributed by atoms with Gasteiger partial charge in [0.1, 0.15) is 5.75 Å².